The summed E-state index contributed by atoms with van der Waals surface area (Å²) in [5.74, 6) is 0.916. The van der Waals surface area contributed by atoms with Crippen LogP contribution in [-0.4, -0.2) is 16.2 Å². The van der Waals surface area contributed by atoms with Crippen molar-refractivity contribution in [2.24, 2.45) is 0 Å². The van der Waals surface area contributed by atoms with Crippen LogP contribution >= 0.6 is 0 Å². The topological polar surface area (TPSA) is 24.3 Å². The number of hydrogen-bond acceptors (Lipinski definition) is 3. The van der Waals surface area contributed by atoms with Crippen molar-refractivity contribution in [1.29, 1.82) is 0 Å². The molecule has 0 spiro atoms. The molecule has 0 saturated carbocycles. The molecule has 3 heterocycles. The molecule has 1 aliphatic heterocycles. The molecule has 0 unspecified atom stereocenters. The predicted molar refractivity (Wildman–Crippen MR) is 196 cm³/mol. The summed E-state index contributed by atoms with van der Waals surface area (Å²) in [5.41, 5.74) is 9.95. The molecule has 8 rings (SSSR count). The third kappa shape index (κ3) is 5.33. The third-order valence-corrected chi connectivity index (χ3v) is 9.66. The molecule has 0 N–H and O–H groups in total. The van der Waals surface area contributed by atoms with Crippen molar-refractivity contribution in [2.45, 2.75) is 45.4 Å². The molecule has 4 nitrogen and oxygen atoms in total. The van der Waals surface area contributed by atoms with E-state index in [0.717, 1.165) is 40.3 Å². The number of hydrogen-bond donors (Lipinski definition) is 0. The first-order valence-corrected chi connectivity index (χ1v) is 16.3. The fraction of sp³-hybridized carbons (Fsp3) is 0.186. The first-order chi connectivity index (χ1) is 22.7. The molecule has 0 aliphatic carbocycles. The normalized spacial score (nSPS) is 13.2. The summed E-state index contributed by atoms with van der Waals surface area (Å²) >= 11 is 0. The minimum atomic E-state index is -0.357. The number of anilines is 4. The predicted octanol–water partition coefficient (Wildman–Crippen LogP) is 10.6. The van der Waals surface area contributed by atoms with Crippen LogP contribution in [0.2, 0.25) is 0 Å². The Morgan fingerprint density at radius 3 is 2.08 bits per heavy atom. The fourth-order valence-corrected chi connectivity index (χ4v) is 6.88. The zero-order valence-corrected chi connectivity index (χ0v) is 30.2. The van der Waals surface area contributed by atoms with Gasteiger partial charge in [-0.3, -0.25) is 0 Å². The standard InChI is InChI=1S/C43H38N4.Pt/c1-42(2,3)30-24-25-44-41(28-30)47-37-19-10-9-18-35(37)36-23-22-32(27-40(36)47)43(4,5)31-14-13-17-34(26-31)46-29-45(33-15-7-6-8-16-33)38-20-11-12-21-39(38)46;/h6-25,28H,29H2,1-5H3;/q-2;+2. The van der Waals surface area contributed by atoms with Crippen molar-refractivity contribution in [1.82, 2.24) is 9.55 Å². The maximum absolute atomic E-state index is 4.88. The Morgan fingerprint density at radius 1 is 0.625 bits per heavy atom. The van der Waals surface area contributed by atoms with Gasteiger partial charge in [0.25, 0.3) is 0 Å². The largest absolute Gasteiger partial charge is 2.00 e. The van der Waals surface area contributed by atoms with Crippen molar-refractivity contribution in [3.05, 3.63) is 156 Å². The molecule has 0 fully saturated rings. The smallest absolute Gasteiger partial charge is 0.345 e. The number of pyridine rings is 1. The summed E-state index contributed by atoms with van der Waals surface area (Å²) in [6.07, 6.45) is 1.93. The Kier molecular flexibility index (Phi) is 8.04. The summed E-state index contributed by atoms with van der Waals surface area (Å²) in [4.78, 5) is 9.60. The van der Waals surface area contributed by atoms with Gasteiger partial charge < -0.3 is 14.4 Å². The number of rotatable bonds is 5. The van der Waals surface area contributed by atoms with E-state index in [1.807, 2.05) is 6.20 Å². The molecule has 0 bridgehead atoms. The molecular formula is C43H38N4Pt. The van der Waals surface area contributed by atoms with E-state index in [1.54, 1.807) is 0 Å². The Morgan fingerprint density at radius 2 is 1.31 bits per heavy atom. The van der Waals surface area contributed by atoms with Gasteiger partial charge in [-0.15, -0.1) is 11.5 Å². The summed E-state index contributed by atoms with van der Waals surface area (Å²) in [6, 6.07) is 50.9. The molecule has 1 aliphatic rings. The molecule has 0 atom stereocenters. The first-order valence-electron chi connectivity index (χ1n) is 16.3. The Hall–Kier alpha value is -4.66. The number of benzene rings is 5. The van der Waals surface area contributed by atoms with Crippen molar-refractivity contribution >= 4 is 44.6 Å². The van der Waals surface area contributed by atoms with Crippen molar-refractivity contribution < 1.29 is 21.1 Å². The monoisotopic (exact) mass is 805 g/mol. The van der Waals surface area contributed by atoms with Gasteiger partial charge in [0.15, 0.2) is 0 Å². The first kappa shape index (κ1) is 31.9. The average molecular weight is 806 g/mol. The quantitative estimate of drug-likeness (QED) is 0.162. The summed E-state index contributed by atoms with van der Waals surface area (Å²) in [7, 11) is 0. The van der Waals surface area contributed by atoms with E-state index in [0.29, 0.717) is 0 Å². The van der Waals surface area contributed by atoms with Gasteiger partial charge in [0.2, 0.25) is 0 Å². The number of para-hydroxylation sites is 4. The molecule has 240 valence electrons. The molecule has 2 aromatic heterocycles. The minimum absolute atomic E-state index is 0. The van der Waals surface area contributed by atoms with E-state index in [9.17, 15) is 0 Å². The van der Waals surface area contributed by atoms with Crippen molar-refractivity contribution in [3.8, 4) is 5.82 Å². The van der Waals surface area contributed by atoms with Gasteiger partial charge in [0, 0.05) is 17.4 Å². The van der Waals surface area contributed by atoms with Crippen molar-refractivity contribution in [2.75, 3.05) is 16.5 Å². The van der Waals surface area contributed by atoms with Gasteiger partial charge in [-0.1, -0.05) is 94.4 Å². The van der Waals surface area contributed by atoms with Crippen LogP contribution in [0.4, 0.5) is 22.7 Å². The summed E-state index contributed by atoms with van der Waals surface area (Å²) in [5, 5.41) is 2.38. The second-order valence-corrected chi connectivity index (χ2v) is 14.0. The molecule has 48 heavy (non-hydrogen) atoms. The van der Waals surface area contributed by atoms with Gasteiger partial charge >= 0.3 is 21.1 Å². The van der Waals surface area contributed by atoms with Crippen LogP contribution in [0.5, 0.6) is 0 Å². The molecule has 0 radical (unpaired) electrons. The van der Waals surface area contributed by atoms with Crippen molar-refractivity contribution in [3.63, 3.8) is 0 Å². The van der Waals surface area contributed by atoms with Gasteiger partial charge in [-0.2, -0.15) is 47.5 Å². The molecule has 0 amide bonds. The zero-order chi connectivity index (χ0) is 32.3. The average Bonchev–Trinajstić information content (AvgIpc) is 3.65. The third-order valence-electron chi connectivity index (χ3n) is 9.66. The summed E-state index contributed by atoms with van der Waals surface area (Å²) in [6.45, 7) is 12.0. The SMILES string of the molecule is CC(C)(C)c1ccnc(-n2c3[c-]c(C(C)(C)c4[c-]c(N5CN(c6ccccc6)c6ccccc65)ccc4)ccc3c3ccccc32)c1.[Pt+2]. The number of nitrogens with zero attached hydrogens (tertiary/aromatic N) is 4. The maximum atomic E-state index is 4.88. The van der Waals surface area contributed by atoms with E-state index < -0.39 is 0 Å². The van der Waals surface area contributed by atoms with Gasteiger partial charge in [0.1, 0.15) is 5.82 Å². The number of fused-ring (bicyclic) bond motifs is 4. The fourth-order valence-electron chi connectivity index (χ4n) is 6.88. The molecular weight excluding hydrogens is 768 g/mol. The van der Waals surface area contributed by atoms with Gasteiger partial charge in [-0.25, -0.2) is 4.98 Å². The molecule has 5 heteroatoms. The van der Waals surface area contributed by atoms with E-state index >= 15 is 0 Å². The maximum Gasteiger partial charge on any atom is 2.00 e. The molecule has 0 saturated heterocycles. The van der Waals surface area contributed by atoms with Crippen LogP contribution in [0.3, 0.4) is 0 Å². The van der Waals surface area contributed by atoms with Gasteiger partial charge in [-0.05, 0) is 64.2 Å². The van der Waals surface area contributed by atoms with Crippen LogP contribution in [0.25, 0.3) is 27.6 Å². The second kappa shape index (κ2) is 12.1. The molecule has 5 aromatic carbocycles. The van der Waals surface area contributed by atoms with Crippen LogP contribution < -0.4 is 9.80 Å². The Labute approximate surface area is 297 Å². The summed E-state index contributed by atoms with van der Waals surface area (Å²) < 4.78 is 2.28. The Bertz CT molecular complexity index is 2260. The molecule has 7 aromatic rings. The number of aromatic nitrogens is 2. The van der Waals surface area contributed by atoms with Gasteiger partial charge in [0.05, 0.1) is 18.0 Å². The Balaban J connectivity index is 0.00000364. The van der Waals surface area contributed by atoms with Crippen LogP contribution in [0.15, 0.2) is 128 Å². The van der Waals surface area contributed by atoms with E-state index in [4.69, 9.17) is 4.98 Å². The van der Waals surface area contributed by atoms with E-state index in [2.05, 4.69) is 182 Å². The zero-order valence-electron chi connectivity index (χ0n) is 27.9. The van der Waals surface area contributed by atoms with Crippen LogP contribution in [0, 0.1) is 12.1 Å². The minimum Gasteiger partial charge on any atom is -0.345 e. The van der Waals surface area contributed by atoms with E-state index in [1.165, 1.54) is 33.4 Å². The second-order valence-electron chi connectivity index (χ2n) is 14.0. The van der Waals surface area contributed by atoms with Crippen LogP contribution in [-0.2, 0) is 31.9 Å². The van der Waals surface area contributed by atoms with Crippen LogP contribution in [0.1, 0.15) is 51.3 Å². The van der Waals surface area contributed by atoms with E-state index in [-0.39, 0.29) is 31.9 Å².